The predicted octanol–water partition coefficient (Wildman–Crippen LogP) is 5.15. The van der Waals surface area contributed by atoms with Crippen LogP contribution in [0.4, 0.5) is 13.2 Å². The van der Waals surface area contributed by atoms with Gasteiger partial charge in [0.25, 0.3) is 17.4 Å². The largest absolute Gasteiger partial charge is 0.485 e. The van der Waals surface area contributed by atoms with E-state index in [4.69, 9.17) is 14.2 Å². The molecule has 0 saturated heterocycles. The zero-order valence-corrected chi connectivity index (χ0v) is 20.9. The second-order valence-electron chi connectivity index (χ2n) is 7.57. The van der Waals surface area contributed by atoms with Crippen molar-refractivity contribution in [3.63, 3.8) is 0 Å². The fourth-order valence-electron chi connectivity index (χ4n) is 3.13. The highest BCUT2D eigenvalue weighted by atomic mass is 32.2. The van der Waals surface area contributed by atoms with Crippen LogP contribution in [0.5, 0.6) is 17.4 Å². The molecule has 0 aliphatic heterocycles. The highest BCUT2D eigenvalue weighted by molar-refractivity contribution is 7.99. The number of carbonyl (C=O) groups excluding carboxylic acids is 1. The second-order valence-corrected chi connectivity index (χ2v) is 8.57. The first-order valence-electron chi connectivity index (χ1n) is 11.2. The number of esters is 1. The molecule has 39 heavy (non-hydrogen) atoms. The molecular weight excluding hydrogens is 537 g/mol. The first kappa shape index (κ1) is 27.2. The second kappa shape index (κ2) is 12.1. The number of ether oxygens (including phenoxy) is 3. The van der Waals surface area contributed by atoms with Crippen molar-refractivity contribution in [2.45, 2.75) is 23.6 Å². The fraction of sp³-hybridized carbons (Fsp3) is 0.115. The maximum atomic E-state index is 15.3. The van der Waals surface area contributed by atoms with E-state index in [9.17, 15) is 23.6 Å². The molecule has 4 rings (SSSR count). The summed E-state index contributed by atoms with van der Waals surface area (Å²) in [5.41, 5.74) is -0.420. The van der Waals surface area contributed by atoms with Crippen molar-refractivity contribution >= 4 is 17.7 Å². The lowest BCUT2D eigenvalue weighted by atomic mass is 10.2. The lowest BCUT2D eigenvalue weighted by Crippen LogP contribution is -2.20. The lowest BCUT2D eigenvalue weighted by Gasteiger charge is -2.14. The third kappa shape index (κ3) is 6.36. The van der Waals surface area contributed by atoms with Crippen LogP contribution in [-0.2, 0) is 11.3 Å². The fourth-order valence-corrected chi connectivity index (χ4v) is 3.92. The summed E-state index contributed by atoms with van der Waals surface area (Å²) >= 11 is 0.235. The molecule has 0 fully saturated rings. The minimum atomic E-state index is -1.69. The van der Waals surface area contributed by atoms with Crippen molar-refractivity contribution in [1.29, 1.82) is 5.26 Å². The number of rotatable bonds is 9. The Kier molecular flexibility index (Phi) is 8.47. The Morgan fingerprint density at radius 1 is 1.10 bits per heavy atom. The van der Waals surface area contributed by atoms with Crippen LogP contribution in [0.3, 0.4) is 0 Å². The van der Waals surface area contributed by atoms with Gasteiger partial charge in [0, 0.05) is 12.3 Å². The van der Waals surface area contributed by atoms with E-state index in [1.165, 1.54) is 18.2 Å². The summed E-state index contributed by atoms with van der Waals surface area (Å²) in [5.74, 6) is -6.75. The van der Waals surface area contributed by atoms with E-state index in [0.29, 0.717) is 0 Å². The molecule has 9 nitrogen and oxygen atoms in total. The van der Waals surface area contributed by atoms with Crippen LogP contribution < -0.4 is 15.0 Å². The number of H-pyrrole nitrogens is 1. The summed E-state index contributed by atoms with van der Waals surface area (Å²) in [7, 11) is 0. The Bertz CT molecular complexity index is 1630. The van der Waals surface area contributed by atoms with Gasteiger partial charge in [0.15, 0.2) is 22.5 Å². The SMILES string of the molecule is CCOC(=O)c1cnc(Sc2c(F)c(F)nc(Oc3cc(C#N)ccc3OCc3ccccc3)c2F)[nH]c1=O. The zero-order valence-electron chi connectivity index (χ0n) is 20.0. The third-order valence-corrected chi connectivity index (χ3v) is 5.92. The molecule has 1 N–H and O–H groups in total. The van der Waals surface area contributed by atoms with Crippen molar-refractivity contribution in [3.05, 3.63) is 99.4 Å². The molecule has 0 atom stereocenters. The van der Waals surface area contributed by atoms with Crippen molar-refractivity contribution < 1.29 is 32.2 Å². The van der Waals surface area contributed by atoms with Crippen LogP contribution in [0.1, 0.15) is 28.4 Å². The zero-order chi connectivity index (χ0) is 27.9. The van der Waals surface area contributed by atoms with E-state index in [1.807, 2.05) is 24.3 Å². The minimum Gasteiger partial charge on any atom is -0.485 e. The van der Waals surface area contributed by atoms with Crippen molar-refractivity contribution in [2.24, 2.45) is 0 Å². The van der Waals surface area contributed by atoms with Gasteiger partial charge >= 0.3 is 5.97 Å². The van der Waals surface area contributed by atoms with E-state index < -0.39 is 45.4 Å². The van der Waals surface area contributed by atoms with Crippen LogP contribution >= 0.6 is 11.8 Å². The van der Waals surface area contributed by atoms with E-state index in [-0.39, 0.29) is 47.2 Å². The number of halogens is 3. The summed E-state index contributed by atoms with van der Waals surface area (Å²) in [5, 5.41) is 8.92. The highest BCUT2D eigenvalue weighted by Gasteiger charge is 2.25. The summed E-state index contributed by atoms with van der Waals surface area (Å²) in [6, 6.07) is 15.0. The van der Waals surface area contributed by atoms with Gasteiger partial charge in [-0.2, -0.15) is 19.0 Å². The molecule has 0 bridgehead atoms. The number of aromatic nitrogens is 3. The Morgan fingerprint density at radius 2 is 1.87 bits per heavy atom. The van der Waals surface area contributed by atoms with Gasteiger partial charge in [-0.3, -0.25) is 4.79 Å². The number of benzene rings is 2. The summed E-state index contributed by atoms with van der Waals surface area (Å²) in [6.07, 6.45) is 0.869. The van der Waals surface area contributed by atoms with Gasteiger partial charge in [-0.05, 0) is 36.4 Å². The molecule has 0 amide bonds. The monoisotopic (exact) mass is 554 g/mol. The molecule has 0 unspecified atom stereocenters. The first-order valence-corrected chi connectivity index (χ1v) is 12.0. The van der Waals surface area contributed by atoms with Gasteiger partial charge in [-0.15, -0.1) is 0 Å². The van der Waals surface area contributed by atoms with Crippen LogP contribution in [0.15, 0.2) is 69.6 Å². The smallest absolute Gasteiger partial charge is 0.345 e. The van der Waals surface area contributed by atoms with Crippen molar-refractivity contribution in [2.75, 3.05) is 6.61 Å². The average Bonchev–Trinajstić information content (AvgIpc) is 2.94. The predicted molar refractivity (Wildman–Crippen MR) is 131 cm³/mol. The molecule has 0 aliphatic rings. The number of carbonyl (C=O) groups is 1. The molecule has 2 aromatic carbocycles. The Hall–Kier alpha value is -4.83. The van der Waals surface area contributed by atoms with E-state index in [2.05, 4.69) is 15.0 Å². The summed E-state index contributed by atoms with van der Waals surface area (Å²) in [6.45, 7) is 1.65. The Labute approximate surface area is 223 Å². The number of nitriles is 1. The van der Waals surface area contributed by atoms with Crippen LogP contribution in [0.2, 0.25) is 0 Å². The maximum Gasteiger partial charge on any atom is 0.345 e. The average molecular weight is 555 g/mol. The van der Waals surface area contributed by atoms with Crippen molar-refractivity contribution in [1.82, 2.24) is 15.0 Å². The van der Waals surface area contributed by atoms with Crippen LogP contribution in [0, 0.1) is 28.9 Å². The van der Waals surface area contributed by atoms with Gasteiger partial charge in [0.1, 0.15) is 12.2 Å². The van der Waals surface area contributed by atoms with Crippen LogP contribution in [-0.4, -0.2) is 27.5 Å². The summed E-state index contributed by atoms with van der Waals surface area (Å²) < 4.78 is 60.2. The molecule has 0 aliphatic carbocycles. The number of nitrogens with zero attached hydrogens (tertiary/aromatic N) is 3. The van der Waals surface area contributed by atoms with Crippen LogP contribution in [0.25, 0.3) is 0 Å². The summed E-state index contributed by atoms with van der Waals surface area (Å²) in [4.78, 5) is 32.3. The van der Waals surface area contributed by atoms with Crippen molar-refractivity contribution in [3.8, 4) is 23.4 Å². The van der Waals surface area contributed by atoms with Gasteiger partial charge in [0.2, 0.25) is 5.82 Å². The normalized spacial score (nSPS) is 10.5. The number of hydrogen-bond acceptors (Lipinski definition) is 9. The molecule has 4 aromatic rings. The van der Waals surface area contributed by atoms with E-state index in [0.717, 1.165) is 11.8 Å². The standard InChI is InChI=1S/C26H17F3N4O5S/c1-2-36-25(35)16-12-31-26(33-23(16)34)39-21-19(27)22(29)32-24(20(21)28)38-18-10-15(11-30)8-9-17(18)37-13-14-6-4-3-5-7-14/h3-10,12H,2,13H2,1H3,(H,31,33,34). The molecule has 0 saturated carbocycles. The van der Waals surface area contributed by atoms with E-state index in [1.54, 1.807) is 19.1 Å². The number of pyridine rings is 1. The molecule has 13 heteroatoms. The molecule has 198 valence electrons. The third-order valence-electron chi connectivity index (χ3n) is 4.95. The molecule has 2 heterocycles. The molecule has 2 aromatic heterocycles. The molecule has 0 radical (unpaired) electrons. The van der Waals surface area contributed by atoms with E-state index >= 15 is 4.39 Å². The van der Waals surface area contributed by atoms with Gasteiger partial charge in [0.05, 0.1) is 23.1 Å². The lowest BCUT2D eigenvalue weighted by molar-refractivity contribution is 0.0523. The van der Waals surface area contributed by atoms with Gasteiger partial charge in [-0.25, -0.2) is 14.2 Å². The quantitative estimate of drug-likeness (QED) is 0.170. The number of nitrogens with one attached hydrogen (secondary N) is 1. The highest BCUT2D eigenvalue weighted by Crippen LogP contribution is 2.38. The molecule has 0 spiro atoms. The first-order chi connectivity index (χ1) is 18.8. The minimum absolute atomic E-state index is 0.0144. The number of aromatic amines is 1. The number of hydrogen-bond donors (Lipinski definition) is 1. The van der Waals surface area contributed by atoms with Gasteiger partial charge in [-0.1, -0.05) is 30.3 Å². The topological polar surface area (TPSA) is 127 Å². The van der Waals surface area contributed by atoms with Gasteiger partial charge < -0.3 is 19.2 Å². The Morgan fingerprint density at radius 3 is 2.56 bits per heavy atom. The molecular formula is C26H17F3N4O5S. The Balaban J connectivity index is 1.65. The maximum absolute atomic E-state index is 15.3.